The number of aliphatic carboxylic acids is 1. The van der Waals surface area contributed by atoms with Crippen molar-refractivity contribution in [1.29, 1.82) is 0 Å². The van der Waals surface area contributed by atoms with Crippen LogP contribution in [-0.2, 0) is 11.4 Å². The molecule has 0 saturated carbocycles. The number of carboxylic acid groups (broad SMARTS) is 1. The van der Waals surface area contributed by atoms with Crippen LogP contribution in [0.3, 0.4) is 0 Å². The molecule has 0 radical (unpaired) electrons. The normalized spacial score (nSPS) is 11.7. The van der Waals surface area contributed by atoms with Gasteiger partial charge in [-0.1, -0.05) is 12.1 Å². The van der Waals surface area contributed by atoms with E-state index in [2.05, 4.69) is 0 Å². The number of non-ortho nitro benzene ring substituents is 1. The van der Waals surface area contributed by atoms with Crippen LogP contribution >= 0.6 is 0 Å². The number of carboxylic acids is 1. The van der Waals surface area contributed by atoms with Gasteiger partial charge < -0.3 is 15.6 Å². The van der Waals surface area contributed by atoms with E-state index in [9.17, 15) is 14.9 Å². The highest BCUT2D eigenvalue weighted by molar-refractivity contribution is 5.75. The van der Waals surface area contributed by atoms with Crippen LogP contribution in [0.4, 0.5) is 5.69 Å². The maximum atomic E-state index is 10.8. The third-order valence-electron chi connectivity index (χ3n) is 3.06. The first kappa shape index (κ1) is 15.5. The Morgan fingerprint density at radius 3 is 2.27 bits per heavy atom. The topological polar surface area (TPSA) is 116 Å². The molecule has 2 rings (SSSR count). The van der Waals surface area contributed by atoms with Crippen molar-refractivity contribution in [2.75, 3.05) is 0 Å². The van der Waals surface area contributed by atoms with Crippen LogP contribution in [0.25, 0.3) is 0 Å². The van der Waals surface area contributed by atoms with E-state index in [-0.39, 0.29) is 12.3 Å². The fourth-order valence-electron chi connectivity index (χ4n) is 1.79. The molecular formula is C15H14N2O5. The van der Waals surface area contributed by atoms with E-state index in [1.807, 2.05) is 0 Å². The van der Waals surface area contributed by atoms with Crippen LogP contribution in [-0.4, -0.2) is 16.0 Å². The maximum Gasteiger partial charge on any atom is 0.325 e. The number of benzene rings is 2. The zero-order valence-corrected chi connectivity index (χ0v) is 11.5. The van der Waals surface area contributed by atoms with E-state index in [4.69, 9.17) is 15.6 Å². The summed E-state index contributed by atoms with van der Waals surface area (Å²) in [5.41, 5.74) is 6.79. The first-order chi connectivity index (χ1) is 10.5. The molecule has 0 aliphatic carbocycles. The average molecular weight is 302 g/mol. The summed E-state index contributed by atoms with van der Waals surface area (Å²) in [6, 6.07) is 11.4. The lowest BCUT2D eigenvalue weighted by atomic mass is 10.1. The van der Waals surface area contributed by atoms with Crippen molar-refractivity contribution >= 4 is 11.7 Å². The summed E-state index contributed by atoms with van der Waals surface area (Å²) in [4.78, 5) is 20.9. The standard InChI is InChI=1S/C15H14N2O5/c16-14(15(18)19)11-3-7-13(8-4-11)22-9-10-1-5-12(6-2-10)17(20)21/h1-8,14H,9,16H2,(H,18,19)/t14-/m0/s1. The van der Waals surface area contributed by atoms with Crippen LogP contribution in [0.1, 0.15) is 17.2 Å². The molecule has 2 aromatic rings. The summed E-state index contributed by atoms with van der Waals surface area (Å²) < 4.78 is 5.53. The molecule has 0 heterocycles. The van der Waals surface area contributed by atoms with Crippen LogP contribution in [0.5, 0.6) is 5.75 Å². The summed E-state index contributed by atoms with van der Waals surface area (Å²) in [5, 5.41) is 19.4. The molecule has 0 aliphatic heterocycles. The van der Waals surface area contributed by atoms with Gasteiger partial charge in [0.15, 0.2) is 0 Å². The zero-order valence-electron chi connectivity index (χ0n) is 11.5. The zero-order chi connectivity index (χ0) is 16.1. The Bertz CT molecular complexity index is 667. The van der Waals surface area contributed by atoms with Crippen LogP contribution in [0, 0.1) is 10.1 Å². The van der Waals surface area contributed by atoms with Crippen molar-refractivity contribution in [3.63, 3.8) is 0 Å². The third-order valence-corrected chi connectivity index (χ3v) is 3.06. The molecule has 7 nitrogen and oxygen atoms in total. The third kappa shape index (κ3) is 3.80. The monoisotopic (exact) mass is 302 g/mol. The van der Waals surface area contributed by atoms with E-state index in [0.29, 0.717) is 11.3 Å². The molecule has 0 aliphatic rings. The quantitative estimate of drug-likeness (QED) is 0.624. The molecule has 0 aromatic heterocycles. The maximum absolute atomic E-state index is 10.8. The Morgan fingerprint density at radius 1 is 1.18 bits per heavy atom. The Balaban J connectivity index is 1.97. The molecular weight excluding hydrogens is 288 g/mol. The Morgan fingerprint density at radius 2 is 1.77 bits per heavy atom. The SMILES string of the molecule is N[C@H](C(=O)O)c1ccc(OCc2ccc([N+](=O)[O-])cc2)cc1. The van der Waals surface area contributed by atoms with Gasteiger partial charge >= 0.3 is 5.97 Å². The second kappa shape index (κ2) is 6.68. The molecule has 0 fully saturated rings. The van der Waals surface area contributed by atoms with E-state index in [1.165, 1.54) is 12.1 Å². The number of nitro benzene ring substituents is 1. The van der Waals surface area contributed by atoms with Gasteiger partial charge in [-0.25, -0.2) is 0 Å². The van der Waals surface area contributed by atoms with Gasteiger partial charge in [0.1, 0.15) is 18.4 Å². The second-order valence-corrected chi connectivity index (χ2v) is 4.60. The van der Waals surface area contributed by atoms with Crippen LogP contribution in [0.2, 0.25) is 0 Å². The smallest absolute Gasteiger partial charge is 0.325 e. The minimum Gasteiger partial charge on any atom is -0.489 e. The van der Waals surface area contributed by atoms with Crippen molar-refractivity contribution in [3.05, 3.63) is 69.8 Å². The van der Waals surface area contributed by atoms with Gasteiger partial charge in [-0.3, -0.25) is 14.9 Å². The Hall–Kier alpha value is -2.93. The van der Waals surface area contributed by atoms with E-state index >= 15 is 0 Å². The van der Waals surface area contributed by atoms with Crippen LogP contribution in [0.15, 0.2) is 48.5 Å². The van der Waals surface area contributed by atoms with Gasteiger partial charge in [0.05, 0.1) is 4.92 Å². The number of hydrogen-bond acceptors (Lipinski definition) is 5. The fourth-order valence-corrected chi connectivity index (χ4v) is 1.79. The number of hydrogen-bond donors (Lipinski definition) is 2. The van der Waals surface area contributed by atoms with Gasteiger partial charge in [0.25, 0.3) is 5.69 Å². The van der Waals surface area contributed by atoms with Crippen LogP contribution < -0.4 is 10.5 Å². The number of carbonyl (C=O) groups is 1. The summed E-state index contributed by atoms with van der Waals surface area (Å²) in [6.45, 7) is 0.252. The van der Waals surface area contributed by atoms with Gasteiger partial charge in [0, 0.05) is 12.1 Å². The van der Waals surface area contributed by atoms with Gasteiger partial charge in [-0.05, 0) is 35.4 Å². The number of nitro groups is 1. The van der Waals surface area contributed by atoms with E-state index < -0.39 is 16.9 Å². The molecule has 114 valence electrons. The largest absolute Gasteiger partial charge is 0.489 e. The number of ether oxygens (including phenoxy) is 1. The highest BCUT2D eigenvalue weighted by Crippen LogP contribution is 2.18. The van der Waals surface area contributed by atoms with Gasteiger partial charge in [0.2, 0.25) is 0 Å². The first-order valence-corrected chi connectivity index (χ1v) is 6.42. The molecule has 7 heteroatoms. The number of rotatable bonds is 6. The lowest BCUT2D eigenvalue weighted by Gasteiger charge is -2.09. The lowest BCUT2D eigenvalue weighted by Crippen LogP contribution is -2.20. The average Bonchev–Trinajstić information content (AvgIpc) is 2.53. The highest BCUT2D eigenvalue weighted by atomic mass is 16.6. The van der Waals surface area contributed by atoms with Gasteiger partial charge in [-0.15, -0.1) is 0 Å². The molecule has 1 atom stereocenters. The summed E-state index contributed by atoms with van der Waals surface area (Å²) in [7, 11) is 0. The highest BCUT2D eigenvalue weighted by Gasteiger charge is 2.13. The lowest BCUT2D eigenvalue weighted by molar-refractivity contribution is -0.384. The second-order valence-electron chi connectivity index (χ2n) is 4.60. The summed E-state index contributed by atoms with van der Waals surface area (Å²) in [5.74, 6) is -0.542. The minimum atomic E-state index is -1.10. The number of nitrogens with zero attached hydrogens (tertiary/aromatic N) is 1. The van der Waals surface area contributed by atoms with E-state index in [0.717, 1.165) is 5.56 Å². The Labute approximate surface area is 126 Å². The molecule has 3 N–H and O–H groups in total. The van der Waals surface area contributed by atoms with Crippen molar-refractivity contribution in [1.82, 2.24) is 0 Å². The van der Waals surface area contributed by atoms with E-state index in [1.54, 1.807) is 36.4 Å². The van der Waals surface area contributed by atoms with Crippen molar-refractivity contribution in [2.24, 2.45) is 5.73 Å². The first-order valence-electron chi connectivity index (χ1n) is 6.42. The molecule has 0 saturated heterocycles. The predicted octanol–water partition coefficient (Wildman–Crippen LogP) is 2.26. The number of nitrogens with two attached hydrogens (primary N) is 1. The molecule has 0 amide bonds. The Kier molecular flexibility index (Phi) is 4.70. The summed E-state index contributed by atoms with van der Waals surface area (Å²) >= 11 is 0. The van der Waals surface area contributed by atoms with Crippen molar-refractivity contribution in [2.45, 2.75) is 12.6 Å². The molecule has 22 heavy (non-hydrogen) atoms. The molecule has 0 unspecified atom stereocenters. The van der Waals surface area contributed by atoms with Gasteiger partial charge in [-0.2, -0.15) is 0 Å². The summed E-state index contributed by atoms with van der Waals surface area (Å²) in [6.07, 6.45) is 0. The van der Waals surface area contributed by atoms with Crippen molar-refractivity contribution in [3.8, 4) is 5.75 Å². The van der Waals surface area contributed by atoms with Crippen molar-refractivity contribution < 1.29 is 19.6 Å². The predicted molar refractivity (Wildman–Crippen MR) is 78.4 cm³/mol. The molecule has 0 bridgehead atoms. The molecule has 0 spiro atoms. The minimum absolute atomic E-state index is 0.0239. The molecule has 2 aromatic carbocycles. The fraction of sp³-hybridized carbons (Fsp3) is 0.133.